The van der Waals surface area contributed by atoms with Gasteiger partial charge in [-0.05, 0) is 42.0 Å². The SMILES string of the molecule is COc1ccc(CNC(=O)C(=O)NCC(c2ccco2)S(=O)(=O)c2ccccc2)cc1. The third-order valence-corrected chi connectivity index (χ3v) is 6.65. The second kappa shape index (κ2) is 9.94. The molecule has 3 aromatic rings. The smallest absolute Gasteiger partial charge is 0.309 e. The minimum atomic E-state index is -3.86. The van der Waals surface area contributed by atoms with E-state index in [1.54, 1.807) is 55.6 Å². The standard InChI is InChI=1S/C22H22N2O6S/c1-29-17-11-9-16(10-12-17)14-23-21(25)22(26)24-15-20(19-8-5-13-30-19)31(27,28)18-6-3-2-4-7-18/h2-13,20H,14-15H2,1H3,(H,23,25)(H,24,26). The van der Waals surface area contributed by atoms with Gasteiger partial charge in [0.05, 0.1) is 18.3 Å². The topological polar surface area (TPSA) is 115 Å². The van der Waals surface area contributed by atoms with Crippen LogP contribution in [0.15, 0.2) is 82.3 Å². The van der Waals surface area contributed by atoms with Gasteiger partial charge in [-0.15, -0.1) is 0 Å². The predicted octanol–water partition coefficient (Wildman–Crippen LogP) is 2.24. The number of ether oxygens (including phenoxy) is 1. The van der Waals surface area contributed by atoms with Gasteiger partial charge in [0, 0.05) is 13.1 Å². The molecule has 0 aliphatic heterocycles. The Morgan fingerprint density at radius 1 is 0.935 bits per heavy atom. The Kier molecular flexibility index (Phi) is 7.09. The number of furan rings is 1. The van der Waals surface area contributed by atoms with Gasteiger partial charge in [0.15, 0.2) is 9.84 Å². The van der Waals surface area contributed by atoms with Crippen LogP contribution in [0, 0.1) is 0 Å². The summed E-state index contributed by atoms with van der Waals surface area (Å²) >= 11 is 0. The molecule has 0 saturated heterocycles. The van der Waals surface area contributed by atoms with Crippen molar-refractivity contribution in [2.75, 3.05) is 13.7 Å². The zero-order valence-electron chi connectivity index (χ0n) is 16.8. The van der Waals surface area contributed by atoms with Crippen molar-refractivity contribution in [3.05, 3.63) is 84.3 Å². The third-order valence-electron chi connectivity index (χ3n) is 4.57. The van der Waals surface area contributed by atoms with Crippen molar-refractivity contribution >= 4 is 21.7 Å². The van der Waals surface area contributed by atoms with Crippen molar-refractivity contribution < 1.29 is 27.2 Å². The summed E-state index contributed by atoms with van der Waals surface area (Å²) in [5.41, 5.74) is 0.780. The maximum absolute atomic E-state index is 13.1. The molecule has 1 atom stereocenters. The summed E-state index contributed by atoms with van der Waals surface area (Å²) in [4.78, 5) is 24.5. The lowest BCUT2D eigenvalue weighted by Gasteiger charge is -2.16. The number of carbonyl (C=O) groups excluding carboxylic acids is 2. The number of carbonyl (C=O) groups is 2. The summed E-state index contributed by atoms with van der Waals surface area (Å²) in [5.74, 6) is -0.960. The second-order valence-corrected chi connectivity index (χ2v) is 8.73. The van der Waals surface area contributed by atoms with Gasteiger partial charge in [-0.1, -0.05) is 30.3 Å². The van der Waals surface area contributed by atoms with Gasteiger partial charge >= 0.3 is 11.8 Å². The maximum atomic E-state index is 13.1. The first-order chi connectivity index (χ1) is 14.9. The van der Waals surface area contributed by atoms with Crippen molar-refractivity contribution in [1.29, 1.82) is 0 Å². The Morgan fingerprint density at radius 2 is 1.61 bits per heavy atom. The third kappa shape index (κ3) is 5.52. The molecule has 0 aliphatic rings. The Labute approximate surface area is 180 Å². The molecule has 0 fully saturated rings. The highest BCUT2D eigenvalue weighted by Gasteiger charge is 2.32. The molecule has 1 aromatic heterocycles. The predicted molar refractivity (Wildman–Crippen MR) is 113 cm³/mol. The van der Waals surface area contributed by atoms with Crippen LogP contribution in [-0.2, 0) is 26.0 Å². The van der Waals surface area contributed by atoms with Gasteiger partial charge in [-0.2, -0.15) is 0 Å². The number of benzene rings is 2. The van der Waals surface area contributed by atoms with E-state index in [0.29, 0.717) is 5.75 Å². The van der Waals surface area contributed by atoms with E-state index in [1.807, 2.05) is 0 Å². The Bertz CT molecular complexity index is 1110. The highest BCUT2D eigenvalue weighted by molar-refractivity contribution is 7.91. The molecule has 1 unspecified atom stereocenters. The molecule has 0 radical (unpaired) electrons. The fraction of sp³-hybridized carbons (Fsp3) is 0.182. The van der Waals surface area contributed by atoms with Gasteiger partial charge in [0.25, 0.3) is 0 Å². The Hall–Kier alpha value is -3.59. The molecule has 2 aromatic carbocycles. The van der Waals surface area contributed by atoms with Crippen molar-refractivity contribution in [3.8, 4) is 5.75 Å². The van der Waals surface area contributed by atoms with E-state index >= 15 is 0 Å². The van der Waals surface area contributed by atoms with Gasteiger partial charge < -0.3 is 19.8 Å². The first-order valence-corrected chi connectivity index (χ1v) is 11.0. The van der Waals surface area contributed by atoms with E-state index in [0.717, 1.165) is 5.56 Å². The van der Waals surface area contributed by atoms with Crippen LogP contribution >= 0.6 is 0 Å². The van der Waals surface area contributed by atoms with Crippen LogP contribution in [0.4, 0.5) is 0 Å². The highest BCUT2D eigenvalue weighted by atomic mass is 32.2. The van der Waals surface area contributed by atoms with Gasteiger partial charge in [0.2, 0.25) is 0 Å². The van der Waals surface area contributed by atoms with E-state index in [-0.39, 0.29) is 23.7 Å². The van der Waals surface area contributed by atoms with E-state index < -0.39 is 26.9 Å². The van der Waals surface area contributed by atoms with Crippen molar-refractivity contribution in [1.82, 2.24) is 10.6 Å². The number of methoxy groups -OCH3 is 1. The number of amides is 2. The average molecular weight is 442 g/mol. The normalized spacial score (nSPS) is 12.0. The number of sulfone groups is 1. The number of hydrogen-bond acceptors (Lipinski definition) is 6. The second-order valence-electron chi connectivity index (χ2n) is 6.60. The average Bonchev–Trinajstić information content (AvgIpc) is 3.32. The Morgan fingerprint density at radius 3 is 2.23 bits per heavy atom. The first kappa shape index (κ1) is 22.1. The molecular formula is C22H22N2O6S. The van der Waals surface area contributed by atoms with Crippen LogP contribution in [0.5, 0.6) is 5.75 Å². The quantitative estimate of drug-likeness (QED) is 0.517. The van der Waals surface area contributed by atoms with E-state index in [9.17, 15) is 18.0 Å². The molecule has 2 amide bonds. The molecular weight excluding hydrogens is 420 g/mol. The summed E-state index contributed by atoms with van der Waals surface area (Å²) in [7, 11) is -2.31. The molecule has 162 valence electrons. The van der Waals surface area contributed by atoms with Crippen LogP contribution < -0.4 is 15.4 Å². The van der Waals surface area contributed by atoms with Crippen LogP contribution in [0.3, 0.4) is 0 Å². The minimum Gasteiger partial charge on any atom is -0.497 e. The molecule has 0 saturated carbocycles. The van der Waals surface area contributed by atoms with Crippen LogP contribution in [0.2, 0.25) is 0 Å². The van der Waals surface area contributed by atoms with Crippen LogP contribution in [0.1, 0.15) is 16.6 Å². The summed E-state index contributed by atoms with van der Waals surface area (Å²) in [5, 5.41) is 3.71. The molecule has 2 N–H and O–H groups in total. The van der Waals surface area contributed by atoms with E-state index in [2.05, 4.69) is 10.6 Å². The maximum Gasteiger partial charge on any atom is 0.309 e. The van der Waals surface area contributed by atoms with Crippen LogP contribution in [-0.4, -0.2) is 33.9 Å². The molecule has 0 bridgehead atoms. The lowest BCUT2D eigenvalue weighted by atomic mass is 10.2. The molecule has 0 spiro atoms. The zero-order valence-corrected chi connectivity index (χ0v) is 17.6. The van der Waals surface area contributed by atoms with Gasteiger partial charge in [-0.3, -0.25) is 9.59 Å². The monoisotopic (exact) mass is 442 g/mol. The number of hydrogen-bond donors (Lipinski definition) is 2. The summed E-state index contributed by atoms with van der Waals surface area (Å²) in [6, 6.07) is 17.9. The molecule has 8 nitrogen and oxygen atoms in total. The van der Waals surface area contributed by atoms with E-state index in [1.165, 1.54) is 24.5 Å². The Balaban J connectivity index is 1.64. The summed E-state index contributed by atoms with van der Waals surface area (Å²) in [6.07, 6.45) is 1.35. The number of rotatable bonds is 8. The molecule has 0 aliphatic carbocycles. The fourth-order valence-electron chi connectivity index (χ4n) is 2.88. The lowest BCUT2D eigenvalue weighted by Crippen LogP contribution is -2.42. The summed E-state index contributed by atoms with van der Waals surface area (Å²) in [6.45, 7) is -0.181. The lowest BCUT2D eigenvalue weighted by molar-refractivity contribution is -0.139. The van der Waals surface area contributed by atoms with Crippen molar-refractivity contribution in [2.24, 2.45) is 0 Å². The first-order valence-electron chi connectivity index (χ1n) is 9.43. The van der Waals surface area contributed by atoms with Gasteiger partial charge in [-0.25, -0.2) is 8.42 Å². The van der Waals surface area contributed by atoms with Crippen molar-refractivity contribution in [2.45, 2.75) is 16.7 Å². The largest absolute Gasteiger partial charge is 0.497 e. The zero-order chi connectivity index (χ0) is 22.3. The fourth-order valence-corrected chi connectivity index (χ4v) is 4.49. The van der Waals surface area contributed by atoms with Crippen molar-refractivity contribution in [3.63, 3.8) is 0 Å². The molecule has 9 heteroatoms. The van der Waals surface area contributed by atoms with Crippen LogP contribution in [0.25, 0.3) is 0 Å². The summed E-state index contributed by atoms with van der Waals surface area (Å²) < 4.78 is 36.5. The minimum absolute atomic E-state index is 0.0922. The van der Waals surface area contributed by atoms with E-state index in [4.69, 9.17) is 9.15 Å². The molecule has 3 rings (SSSR count). The molecule has 31 heavy (non-hydrogen) atoms. The van der Waals surface area contributed by atoms with Gasteiger partial charge in [0.1, 0.15) is 16.8 Å². The molecule has 1 heterocycles. The number of nitrogens with one attached hydrogen (secondary N) is 2. The highest BCUT2D eigenvalue weighted by Crippen LogP contribution is 2.28.